The topological polar surface area (TPSA) is 32.8 Å². The Kier molecular flexibility index (Phi) is 1.83. The number of allylic oxidation sites excluding steroid dienone is 1. The second kappa shape index (κ2) is 2.62. The first kappa shape index (κ1) is 9.76. The van der Waals surface area contributed by atoms with Crippen LogP contribution in [0.1, 0.15) is 26.7 Å². The number of rotatable bonds is 1. The van der Waals surface area contributed by atoms with Gasteiger partial charge in [-0.1, -0.05) is 18.1 Å². The summed E-state index contributed by atoms with van der Waals surface area (Å²) in [5.41, 5.74) is -0.538. The van der Waals surface area contributed by atoms with E-state index in [9.17, 15) is 5.11 Å². The summed E-state index contributed by atoms with van der Waals surface area (Å²) in [5, 5.41) is 10.3. The lowest BCUT2D eigenvalue weighted by Crippen LogP contribution is -2.48. The number of fused-ring (bicyclic) bond motifs is 1. The van der Waals surface area contributed by atoms with Crippen molar-refractivity contribution in [2.24, 2.45) is 5.92 Å². The van der Waals surface area contributed by atoms with Gasteiger partial charge in [0.25, 0.3) is 0 Å². The first-order chi connectivity index (χ1) is 6.43. The van der Waals surface area contributed by atoms with Crippen LogP contribution in [0.4, 0.5) is 0 Å². The summed E-state index contributed by atoms with van der Waals surface area (Å²) in [7, 11) is 0. The van der Waals surface area contributed by atoms with E-state index < -0.39 is 11.2 Å². The van der Waals surface area contributed by atoms with E-state index >= 15 is 0 Å². The summed E-state index contributed by atoms with van der Waals surface area (Å²) in [5.74, 6) is 2.78. The smallest absolute Gasteiger partial charge is 0.156 e. The molecular weight excluding hydrogens is 176 g/mol. The molecule has 0 aromatic rings. The largest absolute Gasteiger partial charge is 0.374 e. The van der Waals surface area contributed by atoms with Gasteiger partial charge in [0.2, 0.25) is 0 Å². The molecule has 0 amide bonds. The molecule has 1 heterocycles. The third-order valence-corrected chi connectivity index (χ3v) is 3.74. The Labute approximate surface area is 85.0 Å². The molecule has 2 fully saturated rings. The molecular formula is C12H16O2. The molecule has 1 aliphatic heterocycles. The van der Waals surface area contributed by atoms with E-state index in [0.29, 0.717) is 6.42 Å². The molecule has 4 unspecified atom stereocenters. The maximum atomic E-state index is 10.3. The van der Waals surface area contributed by atoms with Crippen molar-refractivity contribution in [1.29, 1.82) is 0 Å². The molecule has 1 saturated heterocycles. The predicted octanol–water partition coefficient (Wildman–Crippen LogP) is 1.49. The van der Waals surface area contributed by atoms with Crippen LogP contribution in [0.15, 0.2) is 12.2 Å². The fourth-order valence-electron chi connectivity index (χ4n) is 2.38. The Morgan fingerprint density at radius 3 is 2.86 bits per heavy atom. The molecule has 2 heteroatoms. The predicted molar refractivity (Wildman–Crippen MR) is 54.6 cm³/mol. The van der Waals surface area contributed by atoms with E-state index in [1.165, 1.54) is 0 Å². The minimum absolute atomic E-state index is 0.110. The Hall–Kier alpha value is -0.780. The van der Waals surface area contributed by atoms with Gasteiger partial charge in [-0.2, -0.15) is 0 Å². The van der Waals surface area contributed by atoms with Crippen molar-refractivity contribution in [2.75, 3.05) is 0 Å². The Bertz CT molecular complexity index is 328. The van der Waals surface area contributed by atoms with Crippen LogP contribution in [0, 0.1) is 18.3 Å². The van der Waals surface area contributed by atoms with Gasteiger partial charge in [0, 0.05) is 0 Å². The van der Waals surface area contributed by atoms with E-state index in [1.807, 2.05) is 13.8 Å². The van der Waals surface area contributed by atoms with E-state index in [-0.39, 0.29) is 12.0 Å². The fourth-order valence-corrected chi connectivity index (χ4v) is 2.38. The van der Waals surface area contributed by atoms with Gasteiger partial charge in [0.1, 0.15) is 5.60 Å². The fraction of sp³-hybridized carbons (Fsp3) is 0.667. The summed E-state index contributed by atoms with van der Waals surface area (Å²) in [4.78, 5) is 0. The monoisotopic (exact) mass is 192 g/mol. The van der Waals surface area contributed by atoms with Gasteiger partial charge >= 0.3 is 0 Å². The highest BCUT2D eigenvalue weighted by Crippen LogP contribution is 2.55. The number of epoxide rings is 1. The highest BCUT2D eigenvalue weighted by molar-refractivity contribution is 5.30. The molecule has 0 bridgehead atoms. The minimum Gasteiger partial charge on any atom is -0.374 e. The molecule has 2 nitrogen and oxygen atoms in total. The van der Waals surface area contributed by atoms with E-state index in [1.54, 1.807) is 0 Å². The lowest BCUT2D eigenvalue weighted by Gasteiger charge is -2.35. The van der Waals surface area contributed by atoms with Crippen LogP contribution in [-0.4, -0.2) is 22.4 Å². The van der Waals surface area contributed by atoms with Crippen molar-refractivity contribution >= 4 is 0 Å². The SMILES string of the molecule is C#CC1(O)CC(C(=C)C)CC2OC21C. The van der Waals surface area contributed by atoms with Gasteiger partial charge in [-0.3, -0.25) is 0 Å². The van der Waals surface area contributed by atoms with Crippen molar-refractivity contribution in [3.8, 4) is 12.3 Å². The number of ether oxygens (including phenoxy) is 1. The maximum absolute atomic E-state index is 10.3. The van der Waals surface area contributed by atoms with E-state index in [0.717, 1.165) is 12.0 Å². The van der Waals surface area contributed by atoms with Crippen molar-refractivity contribution in [3.63, 3.8) is 0 Å². The molecule has 14 heavy (non-hydrogen) atoms. The Balaban J connectivity index is 2.25. The van der Waals surface area contributed by atoms with E-state index in [4.69, 9.17) is 11.2 Å². The van der Waals surface area contributed by atoms with Crippen LogP contribution >= 0.6 is 0 Å². The second-order valence-corrected chi connectivity index (χ2v) is 4.70. The molecule has 0 spiro atoms. The average Bonchev–Trinajstić information content (AvgIpc) is 2.78. The van der Waals surface area contributed by atoms with Crippen LogP contribution < -0.4 is 0 Å². The molecule has 76 valence electrons. The molecule has 2 rings (SSSR count). The highest BCUT2D eigenvalue weighted by atomic mass is 16.6. The van der Waals surface area contributed by atoms with Crippen molar-refractivity contribution in [1.82, 2.24) is 0 Å². The van der Waals surface area contributed by atoms with Crippen LogP contribution in [0.3, 0.4) is 0 Å². The number of aliphatic hydroxyl groups is 1. The Morgan fingerprint density at radius 1 is 1.71 bits per heavy atom. The molecule has 1 N–H and O–H groups in total. The third-order valence-electron chi connectivity index (χ3n) is 3.74. The molecule has 1 aliphatic carbocycles. The van der Waals surface area contributed by atoms with Crippen molar-refractivity contribution in [2.45, 2.75) is 44.0 Å². The molecule has 2 aliphatic rings. The zero-order chi connectivity index (χ0) is 10.6. The summed E-state index contributed by atoms with van der Waals surface area (Å²) in [6, 6.07) is 0. The third kappa shape index (κ3) is 1.06. The average molecular weight is 192 g/mol. The standard InChI is InChI=1S/C12H16O2/c1-5-12(13)7-9(8(2)3)6-10-11(12,4)14-10/h1,9-10,13H,2,6-7H2,3-4H3. The number of hydrogen-bond donors (Lipinski definition) is 1. The van der Waals surface area contributed by atoms with Crippen LogP contribution in [0.5, 0.6) is 0 Å². The normalized spacial score (nSPS) is 50.4. The van der Waals surface area contributed by atoms with Gasteiger partial charge in [0.05, 0.1) is 6.10 Å². The number of terminal acetylenes is 1. The molecule has 0 aromatic heterocycles. The summed E-state index contributed by atoms with van der Waals surface area (Å²) >= 11 is 0. The molecule has 0 aromatic carbocycles. The van der Waals surface area contributed by atoms with Gasteiger partial charge < -0.3 is 9.84 Å². The van der Waals surface area contributed by atoms with Crippen LogP contribution in [-0.2, 0) is 4.74 Å². The zero-order valence-electron chi connectivity index (χ0n) is 8.71. The summed E-state index contributed by atoms with van der Waals surface area (Å²) < 4.78 is 5.52. The maximum Gasteiger partial charge on any atom is 0.156 e. The molecule has 1 saturated carbocycles. The van der Waals surface area contributed by atoms with Crippen LogP contribution in [0.2, 0.25) is 0 Å². The highest BCUT2D eigenvalue weighted by Gasteiger charge is 2.68. The first-order valence-corrected chi connectivity index (χ1v) is 4.96. The zero-order valence-corrected chi connectivity index (χ0v) is 8.71. The number of hydrogen-bond acceptors (Lipinski definition) is 2. The summed E-state index contributed by atoms with van der Waals surface area (Å²) in [6.45, 7) is 7.79. The van der Waals surface area contributed by atoms with Crippen molar-refractivity contribution in [3.05, 3.63) is 12.2 Å². The molecule has 4 atom stereocenters. The first-order valence-electron chi connectivity index (χ1n) is 4.96. The molecule has 0 radical (unpaired) electrons. The van der Waals surface area contributed by atoms with Gasteiger partial charge in [0.15, 0.2) is 5.60 Å². The van der Waals surface area contributed by atoms with Gasteiger partial charge in [-0.05, 0) is 32.6 Å². The lowest BCUT2D eigenvalue weighted by atomic mass is 9.70. The Morgan fingerprint density at radius 2 is 2.36 bits per heavy atom. The van der Waals surface area contributed by atoms with E-state index in [2.05, 4.69) is 12.5 Å². The van der Waals surface area contributed by atoms with Crippen molar-refractivity contribution < 1.29 is 9.84 Å². The summed E-state index contributed by atoms with van der Waals surface area (Å²) in [6.07, 6.45) is 7.02. The van der Waals surface area contributed by atoms with Gasteiger partial charge in [-0.25, -0.2) is 0 Å². The minimum atomic E-state index is -1.11. The quantitative estimate of drug-likeness (QED) is 0.388. The second-order valence-electron chi connectivity index (χ2n) is 4.70. The van der Waals surface area contributed by atoms with Gasteiger partial charge in [-0.15, -0.1) is 6.42 Å². The van der Waals surface area contributed by atoms with Crippen LogP contribution in [0.25, 0.3) is 0 Å². The lowest BCUT2D eigenvalue weighted by molar-refractivity contribution is 0.000317.